The van der Waals surface area contributed by atoms with Gasteiger partial charge in [0.1, 0.15) is 18.2 Å². The number of ether oxygens (including phenoxy) is 1. The number of carbonyl (C=O) groups excluding carboxylic acids is 1. The second kappa shape index (κ2) is 9.15. The predicted octanol–water partition coefficient (Wildman–Crippen LogP) is 3.00. The van der Waals surface area contributed by atoms with Gasteiger partial charge >= 0.3 is 0 Å². The van der Waals surface area contributed by atoms with Crippen molar-refractivity contribution in [3.8, 4) is 5.88 Å². The molecule has 0 unspecified atom stereocenters. The number of anilines is 1. The summed E-state index contributed by atoms with van der Waals surface area (Å²) in [5.41, 5.74) is 2.16. The Morgan fingerprint density at radius 3 is 2.80 bits per heavy atom. The first kappa shape index (κ1) is 20.2. The molecule has 0 atom stereocenters. The molecular weight excluding hydrogens is 378 g/mol. The van der Waals surface area contributed by atoms with Crippen LogP contribution in [0.3, 0.4) is 0 Å². The van der Waals surface area contributed by atoms with Gasteiger partial charge in [-0.25, -0.2) is 4.98 Å². The third-order valence-corrected chi connectivity index (χ3v) is 5.49. The number of aryl methyl sites for hydroxylation is 2. The molecule has 4 rings (SSSR count). The lowest BCUT2D eigenvalue weighted by Gasteiger charge is -2.28. The van der Waals surface area contributed by atoms with Gasteiger partial charge in [0.15, 0.2) is 0 Å². The predicted molar refractivity (Wildman–Crippen MR) is 118 cm³/mol. The molecule has 7 nitrogen and oxygen atoms in total. The van der Waals surface area contributed by atoms with E-state index in [-0.39, 0.29) is 5.91 Å². The van der Waals surface area contributed by atoms with Crippen LogP contribution in [0.2, 0.25) is 0 Å². The molecule has 0 bridgehead atoms. The molecule has 3 heterocycles. The lowest BCUT2D eigenvalue weighted by Crippen LogP contribution is -2.31. The molecule has 1 N–H and O–H groups in total. The summed E-state index contributed by atoms with van der Waals surface area (Å²) < 4.78 is 7.85. The molecule has 1 aliphatic heterocycles. The molecule has 3 aromatic rings. The van der Waals surface area contributed by atoms with E-state index < -0.39 is 0 Å². The number of aromatic nitrogens is 3. The van der Waals surface area contributed by atoms with E-state index >= 15 is 0 Å². The fourth-order valence-electron chi connectivity index (χ4n) is 4.03. The topological polar surface area (TPSA) is 72.3 Å². The molecule has 0 saturated carbocycles. The van der Waals surface area contributed by atoms with Crippen molar-refractivity contribution >= 4 is 22.6 Å². The first-order valence-corrected chi connectivity index (χ1v) is 10.6. The van der Waals surface area contributed by atoms with Crippen LogP contribution in [0.25, 0.3) is 10.9 Å². The Morgan fingerprint density at radius 2 is 1.97 bits per heavy atom. The zero-order valence-corrected chi connectivity index (χ0v) is 17.7. The largest absolute Gasteiger partial charge is 0.476 e. The minimum absolute atomic E-state index is 0.0113. The fraction of sp³-hybridized carbons (Fsp3) is 0.435. The van der Waals surface area contributed by atoms with E-state index in [1.807, 2.05) is 38.4 Å². The van der Waals surface area contributed by atoms with Gasteiger partial charge in [-0.05, 0) is 37.8 Å². The Hall–Kier alpha value is -3.09. The zero-order chi connectivity index (χ0) is 20.9. The van der Waals surface area contributed by atoms with Gasteiger partial charge in [-0.2, -0.15) is 4.98 Å². The summed E-state index contributed by atoms with van der Waals surface area (Å²) in [6.07, 6.45) is 6.05. The van der Waals surface area contributed by atoms with E-state index in [9.17, 15) is 4.79 Å². The maximum Gasteiger partial charge on any atom is 0.224 e. The minimum atomic E-state index is -0.0113. The van der Waals surface area contributed by atoms with Gasteiger partial charge in [-0.1, -0.05) is 18.2 Å². The first-order valence-electron chi connectivity index (χ1n) is 10.6. The standard InChI is InChI=1S/C23H29N5O2/c1-17-25-21(28-11-6-3-7-12-28)15-23(26-17)30-13-10-24-22(29)14-18-16-27(2)20-9-5-4-8-19(18)20/h4-5,8-9,15-16H,3,6-7,10-14H2,1-2H3,(H,24,29). The number of nitrogens with one attached hydrogen (secondary N) is 1. The summed E-state index contributed by atoms with van der Waals surface area (Å²) in [7, 11) is 2.00. The number of nitrogens with zero attached hydrogens (tertiary/aromatic N) is 4. The van der Waals surface area contributed by atoms with E-state index in [1.165, 1.54) is 19.3 Å². The van der Waals surface area contributed by atoms with E-state index in [2.05, 4.69) is 36.9 Å². The van der Waals surface area contributed by atoms with Crippen molar-refractivity contribution in [2.45, 2.75) is 32.6 Å². The van der Waals surface area contributed by atoms with Crippen molar-refractivity contribution in [2.75, 3.05) is 31.1 Å². The Labute approximate surface area is 177 Å². The number of amides is 1. The van der Waals surface area contributed by atoms with E-state index in [0.29, 0.717) is 31.3 Å². The summed E-state index contributed by atoms with van der Waals surface area (Å²) in [6.45, 7) is 4.75. The Bertz CT molecular complexity index is 1020. The van der Waals surface area contributed by atoms with E-state index in [1.54, 1.807) is 0 Å². The van der Waals surface area contributed by atoms with Gasteiger partial charge < -0.3 is 19.5 Å². The molecule has 0 aliphatic carbocycles. The summed E-state index contributed by atoms with van der Waals surface area (Å²) >= 11 is 0. The zero-order valence-electron chi connectivity index (χ0n) is 17.7. The van der Waals surface area contributed by atoms with Gasteiger partial charge in [0.2, 0.25) is 11.8 Å². The van der Waals surface area contributed by atoms with Crippen LogP contribution in [0.15, 0.2) is 36.5 Å². The molecule has 0 radical (unpaired) electrons. The van der Waals surface area contributed by atoms with Crippen LogP contribution in [0, 0.1) is 6.92 Å². The number of fused-ring (bicyclic) bond motifs is 1. The number of carbonyl (C=O) groups is 1. The summed E-state index contributed by atoms with van der Waals surface area (Å²) in [5.74, 6) is 2.18. The fourth-order valence-corrected chi connectivity index (χ4v) is 4.03. The summed E-state index contributed by atoms with van der Waals surface area (Å²) in [4.78, 5) is 23.6. The van der Waals surface area contributed by atoms with Gasteiger partial charge in [0, 0.05) is 43.3 Å². The molecule has 1 fully saturated rings. The van der Waals surface area contributed by atoms with E-state index in [0.717, 1.165) is 35.4 Å². The van der Waals surface area contributed by atoms with Crippen LogP contribution in [0.1, 0.15) is 30.7 Å². The number of hydrogen-bond donors (Lipinski definition) is 1. The molecule has 1 aliphatic rings. The maximum absolute atomic E-state index is 12.4. The molecule has 7 heteroatoms. The molecule has 1 amide bonds. The van der Waals surface area contributed by atoms with Crippen LogP contribution < -0.4 is 15.0 Å². The molecule has 1 aromatic carbocycles. The van der Waals surface area contributed by atoms with Gasteiger partial charge in [-0.3, -0.25) is 4.79 Å². The second-order valence-corrected chi connectivity index (χ2v) is 7.82. The lowest BCUT2D eigenvalue weighted by atomic mass is 10.1. The summed E-state index contributed by atoms with van der Waals surface area (Å²) in [5, 5.41) is 4.06. The Balaban J connectivity index is 1.28. The Kier molecular flexibility index (Phi) is 6.16. The van der Waals surface area contributed by atoms with Crippen molar-refractivity contribution in [3.05, 3.63) is 47.9 Å². The van der Waals surface area contributed by atoms with Crippen LogP contribution in [0.4, 0.5) is 5.82 Å². The smallest absolute Gasteiger partial charge is 0.224 e. The summed E-state index contributed by atoms with van der Waals surface area (Å²) in [6, 6.07) is 10.0. The molecule has 158 valence electrons. The third kappa shape index (κ3) is 4.72. The van der Waals surface area contributed by atoms with Crippen molar-refractivity contribution in [3.63, 3.8) is 0 Å². The molecule has 1 saturated heterocycles. The number of rotatable bonds is 7. The van der Waals surface area contributed by atoms with Crippen molar-refractivity contribution in [1.82, 2.24) is 19.9 Å². The number of hydrogen-bond acceptors (Lipinski definition) is 5. The molecule has 30 heavy (non-hydrogen) atoms. The average molecular weight is 408 g/mol. The average Bonchev–Trinajstić information content (AvgIpc) is 3.07. The molecular formula is C23H29N5O2. The highest BCUT2D eigenvalue weighted by Gasteiger charge is 2.14. The van der Waals surface area contributed by atoms with Crippen LogP contribution >= 0.6 is 0 Å². The lowest BCUT2D eigenvalue weighted by molar-refractivity contribution is -0.120. The quantitative estimate of drug-likeness (QED) is 0.610. The van der Waals surface area contributed by atoms with Crippen molar-refractivity contribution in [2.24, 2.45) is 7.05 Å². The normalized spacial score (nSPS) is 14.1. The third-order valence-electron chi connectivity index (χ3n) is 5.49. The number of benzene rings is 1. The SMILES string of the molecule is Cc1nc(OCCNC(=O)Cc2cn(C)c3ccccc23)cc(N2CCCCC2)n1. The molecule has 2 aromatic heterocycles. The van der Waals surface area contributed by atoms with Crippen molar-refractivity contribution < 1.29 is 9.53 Å². The first-order chi connectivity index (χ1) is 14.6. The highest BCUT2D eigenvalue weighted by atomic mass is 16.5. The number of piperidine rings is 1. The van der Waals surface area contributed by atoms with Gasteiger partial charge in [-0.15, -0.1) is 0 Å². The number of para-hydroxylation sites is 1. The highest BCUT2D eigenvalue weighted by molar-refractivity contribution is 5.89. The van der Waals surface area contributed by atoms with Crippen LogP contribution in [-0.4, -0.2) is 46.7 Å². The van der Waals surface area contributed by atoms with Crippen LogP contribution in [0.5, 0.6) is 5.88 Å². The van der Waals surface area contributed by atoms with E-state index in [4.69, 9.17) is 4.74 Å². The van der Waals surface area contributed by atoms with Gasteiger partial charge in [0.25, 0.3) is 0 Å². The second-order valence-electron chi connectivity index (χ2n) is 7.82. The monoisotopic (exact) mass is 407 g/mol. The molecule has 0 spiro atoms. The van der Waals surface area contributed by atoms with Gasteiger partial charge in [0.05, 0.1) is 13.0 Å². The maximum atomic E-state index is 12.4. The van der Waals surface area contributed by atoms with Crippen LogP contribution in [-0.2, 0) is 18.3 Å². The minimum Gasteiger partial charge on any atom is -0.476 e. The highest BCUT2D eigenvalue weighted by Crippen LogP contribution is 2.22. The van der Waals surface area contributed by atoms with Crippen molar-refractivity contribution in [1.29, 1.82) is 0 Å². The Morgan fingerprint density at radius 1 is 1.17 bits per heavy atom.